The van der Waals surface area contributed by atoms with E-state index in [-0.39, 0.29) is 18.4 Å². The molecule has 122 valence electrons. The van der Waals surface area contributed by atoms with Crippen molar-refractivity contribution < 1.29 is 9.90 Å². The number of aliphatic hydroxyl groups is 1. The van der Waals surface area contributed by atoms with Crippen molar-refractivity contribution in [1.29, 1.82) is 0 Å². The second-order valence-electron chi connectivity index (χ2n) is 6.20. The number of benzene rings is 1. The molecule has 2 rings (SSSR count). The van der Waals surface area contributed by atoms with Crippen molar-refractivity contribution in [3.8, 4) is 0 Å². The number of aromatic nitrogens is 1. The Morgan fingerprint density at radius 1 is 1.30 bits per heavy atom. The second kappa shape index (κ2) is 7.57. The zero-order chi connectivity index (χ0) is 16.9. The fraction of sp³-hybridized carbons (Fsp3) is 0.333. The Hall–Kier alpha value is -1.91. The van der Waals surface area contributed by atoms with E-state index in [0.717, 1.165) is 11.1 Å². The summed E-state index contributed by atoms with van der Waals surface area (Å²) in [4.78, 5) is 16.7. The van der Waals surface area contributed by atoms with Gasteiger partial charge in [-0.2, -0.15) is 0 Å². The van der Waals surface area contributed by atoms with Gasteiger partial charge in [-0.15, -0.1) is 0 Å². The van der Waals surface area contributed by atoms with Crippen molar-refractivity contribution in [3.05, 3.63) is 64.9 Å². The fourth-order valence-corrected chi connectivity index (χ4v) is 2.36. The van der Waals surface area contributed by atoms with Gasteiger partial charge in [-0.05, 0) is 49.6 Å². The maximum atomic E-state index is 12.6. The molecule has 1 atom stereocenters. The maximum Gasteiger partial charge on any atom is 0.227 e. The number of carbonyl (C=O) groups is 1. The van der Waals surface area contributed by atoms with E-state index in [2.05, 4.69) is 10.3 Å². The van der Waals surface area contributed by atoms with Crippen LogP contribution in [0.4, 0.5) is 0 Å². The molecule has 0 aliphatic heterocycles. The highest BCUT2D eigenvalue weighted by molar-refractivity contribution is 6.30. The molecular weight excluding hydrogens is 312 g/mol. The molecule has 1 amide bonds. The van der Waals surface area contributed by atoms with Crippen LogP contribution in [0.25, 0.3) is 0 Å². The maximum absolute atomic E-state index is 12.6. The number of halogens is 1. The van der Waals surface area contributed by atoms with Gasteiger partial charge in [-0.3, -0.25) is 9.78 Å². The summed E-state index contributed by atoms with van der Waals surface area (Å²) < 4.78 is 0. The van der Waals surface area contributed by atoms with Crippen LogP contribution in [0.15, 0.2) is 48.8 Å². The van der Waals surface area contributed by atoms with Crippen LogP contribution in [0.5, 0.6) is 0 Å². The number of pyridine rings is 1. The number of rotatable bonds is 6. The highest BCUT2D eigenvalue weighted by Gasteiger charge is 2.23. The Balaban J connectivity index is 2.20. The molecular formula is C18H21ClN2O2. The summed E-state index contributed by atoms with van der Waals surface area (Å²) in [6.45, 7) is 3.51. The molecule has 0 saturated heterocycles. The average molecular weight is 333 g/mol. The topological polar surface area (TPSA) is 62.2 Å². The van der Waals surface area contributed by atoms with E-state index in [9.17, 15) is 9.90 Å². The molecule has 1 aromatic heterocycles. The number of hydrogen-bond donors (Lipinski definition) is 2. The van der Waals surface area contributed by atoms with E-state index in [0.29, 0.717) is 11.4 Å². The Kier molecular flexibility index (Phi) is 5.74. The first-order valence-corrected chi connectivity index (χ1v) is 7.87. The summed E-state index contributed by atoms with van der Waals surface area (Å²) in [5.74, 6) is -0.489. The average Bonchev–Trinajstić information content (AvgIpc) is 2.52. The van der Waals surface area contributed by atoms with Crippen LogP contribution < -0.4 is 5.32 Å². The number of amides is 1. The van der Waals surface area contributed by atoms with E-state index in [4.69, 9.17) is 11.6 Å². The van der Waals surface area contributed by atoms with E-state index in [1.807, 2.05) is 24.3 Å². The quantitative estimate of drug-likeness (QED) is 0.855. The third-order valence-corrected chi connectivity index (χ3v) is 3.70. The summed E-state index contributed by atoms with van der Waals surface area (Å²) in [5.41, 5.74) is 0.909. The minimum Gasteiger partial charge on any atom is -0.389 e. The Bertz CT molecular complexity index is 636. The van der Waals surface area contributed by atoms with Gasteiger partial charge in [-0.1, -0.05) is 29.8 Å². The van der Waals surface area contributed by atoms with Crippen LogP contribution in [0.2, 0.25) is 5.02 Å². The molecule has 2 N–H and O–H groups in total. The third kappa shape index (κ3) is 5.66. The zero-order valence-corrected chi connectivity index (χ0v) is 14.0. The normalized spacial score (nSPS) is 12.7. The molecule has 2 aromatic rings. The predicted octanol–water partition coefficient (Wildman–Crippen LogP) is 2.95. The predicted molar refractivity (Wildman–Crippen MR) is 91.4 cm³/mol. The minimum atomic E-state index is -0.950. The SMILES string of the molecule is CC(C)(O)CNC(=O)C(Cc1cccnc1)c1ccc(Cl)cc1. The van der Waals surface area contributed by atoms with Crippen molar-refractivity contribution >= 4 is 17.5 Å². The first-order valence-electron chi connectivity index (χ1n) is 7.49. The van der Waals surface area contributed by atoms with Crippen molar-refractivity contribution in [2.45, 2.75) is 31.8 Å². The Morgan fingerprint density at radius 2 is 2.00 bits per heavy atom. The van der Waals surface area contributed by atoms with Crippen molar-refractivity contribution in [2.24, 2.45) is 0 Å². The lowest BCUT2D eigenvalue weighted by atomic mass is 9.91. The van der Waals surface area contributed by atoms with Crippen LogP contribution in [0.1, 0.15) is 30.9 Å². The van der Waals surface area contributed by atoms with Gasteiger partial charge >= 0.3 is 0 Å². The molecule has 1 heterocycles. The molecule has 0 saturated carbocycles. The fourth-order valence-electron chi connectivity index (χ4n) is 2.24. The van der Waals surface area contributed by atoms with Crippen molar-refractivity contribution in [1.82, 2.24) is 10.3 Å². The minimum absolute atomic E-state index is 0.127. The van der Waals surface area contributed by atoms with Gasteiger partial charge in [0.2, 0.25) is 5.91 Å². The Morgan fingerprint density at radius 3 is 2.57 bits per heavy atom. The highest BCUT2D eigenvalue weighted by Crippen LogP contribution is 2.23. The number of nitrogens with zero attached hydrogens (tertiary/aromatic N) is 1. The standard InChI is InChI=1S/C18H21ClN2O2/c1-18(2,23)12-21-17(22)16(10-13-4-3-9-20-11-13)14-5-7-15(19)8-6-14/h3-9,11,16,23H,10,12H2,1-2H3,(H,21,22). The molecule has 0 fully saturated rings. The molecule has 23 heavy (non-hydrogen) atoms. The van der Waals surface area contributed by atoms with Gasteiger partial charge in [0, 0.05) is 24.0 Å². The summed E-state index contributed by atoms with van der Waals surface area (Å²) in [6.07, 6.45) is 3.99. The molecule has 0 aliphatic rings. The molecule has 0 aliphatic carbocycles. The number of nitrogens with one attached hydrogen (secondary N) is 1. The molecule has 0 spiro atoms. The van der Waals surface area contributed by atoms with E-state index >= 15 is 0 Å². The van der Waals surface area contributed by atoms with Crippen LogP contribution in [0, 0.1) is 0 Å². The molecule has 1 aromatic carbocycles. The van der Waals surface area contributed by atoms with Gasteiger partial charge < -0.3 is 10.4 Å². The number of carbonyl (C=O) groups excluding carboxylic acids is 1. The second-order valence-corrected chi connectivity index (χ2v) is 6.64. The largest absolute Gasteiger partial charge is 0.389 e. The lowest BCUT2D eigenvalue weighted by Gasteiger charge is -2.22. The zero-order valence-electron chi connectivity index (χ0n) is 13.3. The summed E-state index contributed by atoms with van der Waals surface area (Å²) in [7, 11) is 0. The van der Waals surface area contributed by atoms with Crippen LogP contribution in [0.3, 0.4) is 0 Å². The van der Waals surface area contributed by atoms with Gasteiger partial charge in [0.1, 0.15) is 0 Å². The summed E-state index contributed by atoms with van der Waals surface area (Å²) in [6, 6.07) is 11.1. The van der Waals surface area contributed by atoms with Crippen molar-refractivity contribution in [2.75, 3.05) is 6.54 Å². The summed E-state index contributed by atoms with van der Waals surface area (Å²) in [5, 5.41) is 13.2. The first kappa shape index (κ1) is 17.4. The molecule has 0 bridgehead atoms. The van der Waals surface area contributed by atoms with Gasteiger partial charge in [0.15, 0.2) is 0 Å². The van der Waals surface area contributed by atoms with Crippen LogP contribution in [-0.4, -0.2) is 28.1 Å². The van der Waals surface area contributed by atoms with Crippen LogP contribution >= 0.6 is 11.6 Å². The summed E-state index contributed by atoms with van der Waals surface area (Å²) >= 11 is 5.93. The molecule has 4 nitrogen and oxygen atoms in total. The first-order chi connectivity index (χ1) is 10.8. The smallest absolute Gasteiger partial charge is 0.227 e. The van der Waals surface area contributed by atoms with E-state index in [1.54, 1.807) is 38.4 Å². The molecule has 5 heteroatoms. The monoisotopic (exact) mass is 332 g/mol. The highest BCUT2D eigenvalue weighted by atomic mass is 35.5. The van der Waals surface area contributed by atoms with E-state index < -0.39 is 5.60 Å². The van der Waals surface area contributed by atoms with Crippen LogP contribution in [-0.2, 0) is 11.2 Å². The number of hydrogen-bond acceptors (Lipinski definition) is 3. The third-order valence-electron chi connectivity index (χ3n) is 3.45. The van der Waals surface area contributed by atoms with Crippen molar-refractivity contribution in [3.63, 3.8) is 0 Å². The lowest BCUT2D eigenvalue weighted by Crippen LogP contribution is -2.40. The Labute approximate surface area is 141 Å². The van der Waals surface area contributed by atoms with Gasteiger partial charge in [0.05, 0.1) is 11.5 Å². The molecule has 1 unspecified atom stereocenters. The van der Waals surface area contributed by atoms with Gasteiger partial charge in [0.25, 0.3) is 0 Å². The van der Waals surface area contributed by atoms with Gasteiger partial charge in [-0.25, -0.2) is 0 Å². The molecule has 0 radical (unpaired) electrons. The lowest BCUT2D eigenvalue weighted by molar-refractivity contribution is -0.123. The van der Waals surface area contributed by atoms with E-state index in [1.165, 1.54) is 0 Å².